The van der Waals surface area contributed by atoms with Crippen LogP contribution in [0.2, 0.25) is 0 Å². The Balaban J connectivity index is 1.84. The Kier molecular flexibility index (Phi) is 6.21. The number of halogens is 2. The van der Waals surface area contributed by atoms with Crippen molar-refractivity contribution in [2.75, 3.05) is 13.2 Å². The lowest BCUT2D eigenvalue weighted by atomic mass is 9.96. The summed E-state index contributed by atoms with van der Waals surface area (Å²) in [7, 11) is 0. The van der Waals surface area contributed by atoms with E-state index < -0.39 is 0 Å². The third-order valence-electron chi connectivity index (χ3n) is 3.39. The molecule has 0 spiro atoms. The Labute approximate surface area is 133 Å². The molecular formula is C17H19BrFNO. The van der Waals surface area contributed by atoms with Crippen LogP contribution in [0.4, 0.5) is 4.39 Å². The van der Waals surface area contributed by atoms with Gasteiger partial charge < -0.3 is 10.5 Å². The molecule has 0 radical (unpaired) electrons. The average molecular weight is 352 g/mol. The summed E-state index contributed by atoms with van der Waals surface area (Å²) < 4.78 is 20.3. The quantitative estimate of drug-likeness (QED) is 0.812. The average Bonchev–Trinajstić information content (AvgIpc) is 2.48. The van der Waals surface area contributed by atoms with Gasteiger partial charge in [-0.05, 0) is 55.1 Å². The molecule has 21 heavy (non-hydrogen) atoms. The second-order valence-electron chi connectivity index (χ2n) is 4.99. The molecule has 0 aromatic heterocycles. The highest BCUT2D eigenvalue weighted by Crippen LogP contribution is 2.19. The van der Waals surface area contributed by atoms with Crippen molar-refractivity contribution in [3.8, 4) is 5.75 Å². The van der Waals surface area contributed by atoms with Crippen LogP contribution in [-0.2, 0) is 6.42 Å². The van der Waals surface area contributed by atoms with E-state index in [1.165, 1.54) is 6.07 Å². The molecule has 2 N–H and O–H groups in total. The van der Waals surface area contributed by atoms with Crippen molar-refractivity contribution in [2.45, 2.75) is 12.8 Å². The van der Waals surface area contributed by atoms with Crippen LogP contribution in [-0.4, -0.2) is 13.2 Å². The van der Waals surface area contributed by atoms with E-state index in [0.29, 0.717) is 19.6 Å². The normalized spacial score (nSPS) is 12.1. The van der Waals surface area contributed by atoms with E-state index >= 15 is 0 Å². The Bertz CT molecular complexity index is 576. The zero-order valence-electron chi connectivity index (χ0n) is 11.8. The van der Waals surface area contributed by atoms with E-state index in [1.54, 1.807) is 6.07 Å². The molecule has 0 fully saturated rings. The topological polar surface area (TPSA) is 35.2 Å². The van der Waals surface area contributed by atoms with Gasteiger partial charge in [0.05, 0.1) is 6.61 Å². The van der Waals surface area contributed by atoms with Gasteiger partial charge in [0.25, 0.3) is 0 Å². The molecule has 112 valence electrons. The first kappa shape index (κ1) is 16.0. The number of hydrogen-bond donors (Lipinski definition) is 1. The van der Waals surface area contributed by atoms with Crippen molar-refractivity contribution in [2.24, 2.45) is 11.7 Å². The first-order chi connectivity index (χ1) is 10.2. The minimum atomic E-state index is -0.163. The van der Waals surface area contributed by atoms with E-state index in [9.17, 15) is 4.39 Å². The molecule has 0 heterocycles. The Hall–Kier alpha value is -1.39. The maximum absolute atomic E-state index is 13.6. The van der Waals surface area contributed by atoms with Crippen LogP contribution in [0.15, 0.2) is 53.0 Å². The largest absolute Gasteiger partial charge is 0.494 e. The Morgan fingerprint density at radius 3 is 2.67 bits per heavy atom. The molecule has 4 heteroatoms. The van der Waals surface area contributed by atoms with Crippen molar-refractivity contribution in [1.82, 2.24) is 0 Å². The molecule has 2 aromatic carbocycles. The van der Waals surface area contributed by atoms with Gasteiger partial charge in [0, 0.05) is 4.47 Å². The Morgan fingerprint density at radius 2 is 1.95 bits per heavy atom. The van der Waals surface area contributed by atoms with Crippen molar-refractivity contribution >= 4 is 15.9 Å². The smallest absolute Gasteiger partial charge is 0.126 e. The van der Waals surface area contributed by atoms with Gasteiger partial charge in [-0.3, -0.25) is 0 Å². The summed E-state index contributed by atoms with van der Waals surface area (Å²) in [6.45, 7) is 1.10. The highest BCUT2D eigenvalue weighted by molar-refractivity contribution is 9.10. The summed E-state index contributed by atoms with van der Waals surface area (Å²) in [4.78, 5) is 0. The van der Waals surface area contributed by atoms with Crippen molar-refractivity contribution in [1.29, 1.82) is 0 Å². The second-order valence-corrected chi connectivity index (χ2v) is 5.91. The molecule has 0 aliphatic rings. The van der Waals surface area contributed by atoms with Gasteiger partial charge in [-0.2, -0.15) is 0 Å². The number of nitrogens with two attached hydrogens (primary N) is 1. The van der Waals surface area contributed by atoms with Gasteiger partial charge in [-0.15, -0.1) is 0 Å². The van der Waals surface area contributed by atoms with E-state index in [0.717, 1.165) is 22.2 Å². The Morgan fingerprint density at radius 1 is 1.14 bits per heavy atom. The zero-order chi connectivity index (χ0) is 15.1. The SMILES string of the molecule is NCC(CCOc1cccc(Br)c1)Cc1ccccc1F. The van der Waals surface area contributed by atoms with Crippen LogP contribution < -0.4 is 10.5 Å². The molecule has 0 aliphatic carbocycles. The highest BCUT2D eigenvalue weighted by Gasteiger charge is 2.11. The molecule has 0 bridgehead atoms. The fourth-order valence-electron chi connectivity index (χ4n) is 2.18. The maximum atomic E-state index is 13.6. The molecule has 2 nitrogen and oxygen atoms in total. The predicted molar refractivity (Wildman–Crippen MR) is 86.9 cm³/mol. The summed E-state index contributed by atoms with van der Waals surface area (Å²) in [6, 6.07) is 14.6. The summed E-state index contributed by atoms with van der Waals surface area (Å²) in [5.74, 6) is 0.879. The van der Waals surface area contributed by atoms with Crippen LogP contribution in [0.5, 0.6) is 5.75 Å². The van der Waals surface area contributed by atoms with Crippen molar-refractivity contribution in [3.05, 3.63) is 64.4 Å². The van der Waals surface area contributed by atoms with Crippen LogP contribution in [0.1, 0.15) is 12.0 Å². The second kappa shape index (κ2) is 8.15. The van der Waals surface area contributed by atoms with Crippen molar-refractivity contribution < 1.29 is 9.13 Å². The molecule has 2 rings (SSSR count). The predicted octanol–water partition coefficient (Wildman–Crippen LogP) is 4.17. The molecule has 2 aromatic rings. The van der Waals surface area contributed by atoms with Crippen LogP contribution in [0.25, 0.3) is 0 Å². The van der Waals surface area contributed by atoms with Gasteiger partial charge in [0.2, 0.25) is 0 Å². The van der Waals surface area contributed by atoms with Gasteiger partial charge in [0.15, 0.2) is 0 Å². The lowest BCUT2D eigenvalue weighted by Gasteiger charge is -2.16. The highest BCUT2D eigenvalue weighted by atomic mass is 79.9. The summed E-state index contributed by atoms with van der Waals surface area (Å²) in [6.07, 6.45) is 1.45. The van der Waals surface area contributed by atoms with E-state index in [1.807, 2.05) is 36.4 Å². The van der Waals surface area contributed by atoms with E-state index in [2.05, 4.69) is 15.9 Å². The van der Waals surface area contributed by atoms with Gasteiger partial charge in [-0.1, -0.05) is 40.2 Å². The first-order valence-corrected chi connectivity index (χ1v) is 7.80. The molecule has 1 unspecified atom stereocenters. The minimum Gasteiger partial charge on any atom is -0.494 e. The molecule has 0 amide bonds. The lowest BCUT2D eigenvalue weighted by Crippen LogP contribution is -2.20. The molecule has 0 aliphatic heterocycles. The number of ether oxygens (including phenoxy) is 1. The zero-order valence-corrected chi connectivity index (χ0v) is 13.4. The fourth-order valence-corrected chi connectivity index (χ4v) is 2.56. The standard InChI is InChI=1S/C17H19BrFNO/c18-15-5-3-6-16(11-15)21-9-8-13(12-20)10-14-4-1-2-7-17(14)19/h1-7,11,13H,8-10,12,20H2. The summed E-state index contributed by atoms with van der Waals surface area (Å²) in [5.41, 5.74) is 6.51. The number of rotatable bonds is 7. The molecular weight excluding hydrogens is 333 g/mol. The van der Waals surface area contributed by atoms with Crippen LogP contribution in [0.3, 0.4) is 0 Å². The van der Waals surface area contributed by atoms with Gasteiger partial charge in [0.1, 0.15) is 11.6 Å². The summed E-state index contributed by atoms with van der Waals surface area (Å²) in [5, 5.41) is 0. The number of hydrogen-bond acceptors (Lipinski definition) is 2. The number of benzene rings is 2. The molecule has 0 saturated heterocycles. The third kappa shape index (κ3) is 5.14. The molecule has 0 saturated carbocycles. The fraction of sp³-hybridized carbons (Fsp3) is 0.294. The third-order valence-corrected chi connectivity index (χ3v) is 3.88. The van der Waals surface area contributed by atoms with E-state index in [-0.39, 0.29) is 11.7 Å². The maximum Gasteiger partial charge on any atom is 0.126 e. The lowest BCUT2D eigenvalue weighted by molar-refractivity contribution is 0.278. The molecule has 1 atom stereocenters. The van der Waals surface area contributed by atoms with Crippen LogP contribution in [0, 0.1) is 11.7 Å². The van der Waals surface area contributed by atoms with Crippen molar-refractivity contribution in [3.63, 3.8) is 0 Å². The first-order valence-electron chi connectivity index (χ1n) is 7.01. The van der Waals surface area contributed by atoms with E-state index in [4.69, 9.17) is 10.5 Å². The van der Waals surface area contributed by atoms with Crippen LogP contribution >= 0.6 is 15.9 Å². The monoisotopic (exact) mass is 351 g/mol. The van der Waals surface area contributed by atoms with Gasteiger partial charge in [-0.25, -0.2) is 4.39 Å². The minimum absolute atomic E-state index is 0.163. The van der Waals surface area contributed by atoms with Gasteiger partial charge >= 0.3 is 0 Å². The summed E-state index contributed by atoms with van der Waals surface area (Å²) >= 11 is 3.41.